The molecule has 0 spiro atoms. The molecule has 0 unspecified atom stereocenters. The van der Waals surface area contributed by atoms with Gasteiger partial charge < -0.3 is 14.4 Å². The monoisotopic (exact) mass is 363 g/mol. The molecule has 2 aromatic carbocycles. The molecular weight excluding hydrogens is 342 g/mol. The first kappa shape index (κ1) is 17.1. The molecule has 6 nitrogen and oxygen atoms in total. The molecule has 0 fully saturated rings. The molecule has 138 valence electrons. The van der Waals surface area contributed by atoms with Crippen molar-refractivity contribution in [1.29, 1.82) is 0 Å². The molecule has 1 aliphatic rings. The van der Waals surface area contributed by atoms with Crippen molar-refractivity contribution < 1.29 is 14.3 Å². The number of nitrogens with zero attached hydrogens (tertiary/aromatic N) is 3. The summed E-state index contributed by atoms with van der Waals surface area (Å²) in [6, 6.07) is 15.3. The lowest BCUT2D eigenvalue weighted by Crippen LogP contribution is -2.42. The number of hydrogen-bond acceptors (Lipinski definition) is 4. The third kappa shape index (κ3) is 3.03. The largest absolute Gasteiger partial charge is 0.497 e. The van der Waals surface area contributed by atoms with Crippen molar-refractivity contribution in [1.82, 2.24) is 9.78 Å². The summed E-state index contributed by atoms with van der Waals surface area (Å²) in [6.07, 6.45) is 1.53. The number of anilines is 1. The van der Waals surface area contributed by atoms with Crippen LogP contribution in [0.2, 0.25) is 0 Å². The first-order valence-electron chi connectivity index (χ1n) is 8.85. The van der Waals surface area contributed by atoms with Crippen molar-refractivity contribution in [2.45, 2.75) is 20.0 Å². The van der Waals surface area contributed by atoms with Gasteiger partial charge in [0.1, 0.15) is 17.6 Å². The standard InChI is InChI=1S/C21H21N3O3/c1-14-13-23(19-11-17(26-3)9-10-20(19)27-14)21(25)18-12-22-24(15(18)2)16-7-5-4-6-8-16/h4-12,14H,13H2,1-3H3/t14-/m1/s1. The Balaban J connectivity index is 1.73. The van der Waals surface area contributed by atoms with E-state index in [4.69, 9.17) is 9.47 Å². The van der Waals surface area contributed by atoms with Crippen molar-refractivity contribution in [3.63, 3.8) is 0 Å². The Hall–Kier alpha value is -3.28. The fraction of sp³-hybridized carbons (Fsp3) is 0.238. The molecule has 27 heavy (non-hydrogen) atoms. The lowest BCUT2D eigenvalue weighted by Gasteiger charge is -2.33. The molecule has 1 atom stereocenters. The van der Waals surface area contributed by atoms with E-state index in [9.17, 15) is 4.79 Å². The zero-order valence-corrected chi connectivity index (χ0v) is 15.5. The number of benzene rings is 2. The third-order valence-corrected chi connectivity index (χ3v) is 4.71. The zero-order valence-electron chi connectivity index (χ0n) is 15.5. The van der Waals surface area contributed by atoms with Gasteiger partial charge in [-0.25, -0.2) is 4.68 Å². The fourth-order valence-corrected chi connectivity index (χ4v) is 3.33. The number of rotatable bonds is 3. The van der Waals surface area contributed by atoms with Crippen molar-refractivity contribution in [3.8, 4) is 17.2 Å². The molecule has 0 radical (unpaired) electrons. The number of para-hydroxylation sites is 1. The van der Waals surface area contributed by atoms with Gasteiger partial charge in [-0.3, -0.25) is 4.79 Å². The Morgan fingerprint density at radius 3 is 2.74 bits per heavy atom. The van der Waals surface area contributed by atoms with Gasteiger partial charge in [-0.05, 0) is 38.1 Å². The van der Waals surface area contributed by atoms with E-state index < -0.39 is 0 Å². The number of carbonyl (C=O) groups is 1. The third-order valence-electron chi connectivity index (χ3n) is 4.71. The Bertz CT molecular complexity index is 982. The SMILES string of the molecule is COc1ccc2c(c1)N(C(=O)c1cnn(-c3ccccc3)c1C)C[C@@H](C)O2. The molecule has 2 heterocycles. The average molecular weight is 363 g/mol. The Morgan fingerprint density at radius 1 is 1.22 bits per heavy atom. The van der Waals surface area contributed by atoms with Gasteiger partial charge in [0.2, 0.25) is 0 Å². The minimum absolute atomic E-state index is 0.0978. The highest BCUT2D eigenvalue weighted by atomic mass is 16.5. The Morgan fingerprint density at radius 2 is 2.00 bits per heavy atom. The van der Waals surface area contributed by atoms with Crippen LogP contribution in [0.3, 0.4) is 0 Å². The van der Waals surface area contributed by atoms with Crippen molar-refractivity contribution >= 4 is 11.6 Å². The number of ether oxygens (including phenoxy) is 2. The number of methoxy groups -OCH3 is 1. The molecule has 1 aliphatic heterocycles. The molecule has 0 saturated carbocycles. The molecular formula is C21H21N3O3. The van der Waals surface area contributed by atoms with Crippen molar-refractivity contribution in [3.05, 3.63) is 66.0 Å². The van der Waals surface area contributed by atoms with Crippen LogP contribution in [0.5, 0.6) is 11.5 Å². The van der Waals surface area contributed by atoms with E-state index in [0.717, 1.165) is 11.4 Å². The number of carbonyl (C=O) groups excluding carboxylic acids is 1. The maximum absolute atomic E-state index is 13.3. The predicted octanol–water partition coefficient (Wildman–Crippen LogP) is 3.62. The van der Waals surface area contributed by atoms with Gasteiger partial charge >= 0.3 is 0 Å². The second kappa shape index (κ2) is 6.79. The van der Waals surface area contributed by atoms with E-state index in [0.29, 0.717) is 29.3 Å². The van der Waals surface area contributed by atoms with E-state index in [2.05, 4.69) is 5.10 Å². The van der Waals surface area contributed by atoms with E-state index in [-0.39, 0.29) is 12.0 Å². The van der Waals surface area contributed by atoms with Crippen LogP contribution < -0.4 is 14.4 Å². The summed E-state index contributed by atoms with van der Waals surface area (Å²) in [5, 5.41) is 4.42. The summed E-state index contributed by atoms with van der Waals surface area (Å²) in [5.74, 6) is 1.26. The summed E-state index contributed by atoms with van der Waals surface area (Å²) in [7, 11) is 1.61. The van der Waals surface area contributed by atoms with Gasteiger partial charge in [-0.1, -0.05) is 18.2 Å². The molecule has 0 bridgehead atoms. The molecule has 4 rings (SSSR count). The number of hydrogen-bond donors (Lipinski definition) is 0. The van der Waals surface area contributed by atoms with Crippen LogP contribution in [0, 0.1) is 6.92 Å². The highest BCUT2D eigenvalue weighted by molar-refractivity contribution is 6.08. The summed E-state index contributed by atoms with van der Waals surface area (Å²) in [5.41, 5.74) is 3.01. The van der Waals surface area contributed by atoms with E-state index in [1.54, 1.807) is 22.9 Å². The lowest BCUT2D eigenvalue weighted by atomic mass is 10.1. The summed E-state index contributed by atoms with van der Waals surface area (Å²) < 4.78 is 13.0. The van der Waals surface area contributed by atoms with Gasteiger partial charge in [0, 0.05) is 6.07 Å². The maximum Gasteiger partial charge on any atom is 0.261 e. The van der Waals surface area contributed by atoms with Crippen LogP contribution in [0.4, 0.5) is 5.69 Å². The molecule has 0 saturated heterocycles. The van der Waals surface area contributed by atoms with Crippen LogP contribution >= 0.6 is 0 Å². The first-order valence-corrected chi connectivity index (χ1v) is 8.85. The topological polar surface area (TPSA) is 56.6 Å². The fourth-order valence-electron chi connectivity index (χ4n) is 3.33. The normalized spacial score (nSPS) is 15.8. The minimum Gasteiger partial charge on any atom is -0.497 e. The maximum atomic E-state index is 13.3. The van der Waals surface area contributed by atoms with Crippen LogP contribution in [0.15, 0.2) is 54.7 Å². The van der Waals surface area contributed by atoms with Crippen molar-refractivity contribution in [2.24, 2.45) is 0 Å². The van der Waals surface area contributed by atoms with Gasteiger partial charge in [-0.2, -0.15) is 5.10 Å². The summed E-state index contributed by atoms with van der Waals surface area (Å²) >= 11 is 0. The first-order chi connectivity index (χ1) is 13.1. The van der Waals surface area contributed by atoms with E-state index >= 15 is 0 Å². The zero-order chi connectivity index (χ0) is 19.0. The quantitative estimate of drug-likeness (QED) is 0.713. The Labute approximate surface area is 157 Å². The summed E-state index contributed by atoms with van der Waals surface area (Å²) in [4.78, 5) is 15.1. The van der Waals surface area contributed by atoms with Gasteiger partial charge in [0.15, 0.2) is 0 Å². The van der Waals surface area contributed by atoms with Gasteiger partial charge in [-0.15, -0.1) is 0 Å². The molecule has 1 amide bonds. The van der Waals surface area contributed by atoms with E-state index in [1.165, 1.54) is 0 Å². The predicted molar refractivity (Wildman–Crippen MR) is 103 cm³/mol. The molecule has 6 heteroatoms. The average Bonchev–Trinajstić information content (AvgIpc) is 3.08. The second-order valence-corrected chi connectivity index (χ2v) is 6.57. The van der Waals surface area contributed by atoms with Crippen LogP contribution in [-0.4, -0.2) is 35.4 Å². The number of aromatic nitrogens is 2. The highest BCUT2D eigenvalue weighted by Crippen LogP contribution is 2.37. The van der Waals surface area contributed by atoms with Crippen LogP contribution in [-0.2, 0) is 0 Å². The number of amides is 1. The molecule has 0 aliphatic carbocycles. The summed E-state index contributed by atoms with van der Waals surface area (Å²) in [6.45, 7) is 4.33. The smallest absolute Gasteiger partial charge is 0.261 e. The molecule has 3 aromatic rings. The van der Waals surface area contributed by atoms with Gasteiger partial charge in [0.25, 0.3) is 5.91 Å². The molecule has 1 aromatic heterocycles. The van der Waals surface area contributed by atoms with E-state index in [1.807, 2.05) is 62.4 Å². The van der Waals surface area contributed by atoms with Crippen molar-refractivity contribution in [2.75, 3.05) is 18.6 Å². The van der Waals surface area contributed by atoms with Gasteiger partial charge in [0.05, 0.1) is 42.5 Å². The lowest BCUT2D eigenvalue weighted by molar-refractivity contribution is 0.0960. The highest BCUT2D eigenvalue weighted by Gasteiger charge is 2.30. The molecule has 0 N–H and O–H groups in total. The minimum atomic E-state index is -0.0979. The Kier molecular flexibility index (Phi) is 4.32. The van der Waals surface area contributed by atoms with Crippen LogP contribution in [0.1, 0.15) is 23.0 Å². The number of fused-ring (bicyclic) bond motifs is 1. The second-order valence-electron chi connectivity index (χ2n) is 6.57. The van der Waals surface area contributed by atoms with Crippen LogP contribution in [0.25, 0.3) is 5.69 Å².